The fourth-order valence-electron chi connectivity index (χ4n) is 1.30. The summed E-state index contributed by atoms with van der Waals surface area (Å²) in [6.07, 6.45) is 0. The van der Waals surface area contributed by atoms with E-state index in [-0.39, 0.29) is 12.3 Å². The van der Waals surface area contributed by atoms with E-state index < -0.39 is 17.9 Å². The van der Waals surface area contributed by atoms with Crippen molar-refractivity contribution in [1.29, 1.82) is 0 Å². The zero-order valence-corrected chi connectivity index (χ0v) is 9.29. The number of anilines is 1. The predicted octanol–water partition coefficient (Wildman–Crippen LogP) is -0.337. The summed E-state index contributed by atoms with van der Waals surface area (Å²) >= 11 is 0. The van der Waals surface area contributed by atoms with Gasteiger partial charge >= 0.3 is 6.03 Å². The number of carboxylic acid groups (broad SMARTS) is 1. The van der Waals surface area contributed by atoms with E-state index in [1.165, 1.54) is 31.2 Å². The minimum absolute atomic E-state index is 0.0473. The third-order valence-electron chi connectivity index (χ3n) is 2.29. The number of hydrogen-bond acceptors (Lipinski definition) is 4. The lowest BCUT2D eigenvalue weighted by Crippen LogP contribution is -2.43. The Morgan fingerprint density at radius 3 is 2.35 bits per heavy atom. The minimum atomic E-state index is -1.25. The van der Waals surface area contributed by atoms with E-state index >= 15 is 0 Å². The number of aliphatic carboxylic acids is 1. The molecule has 3 N–H and O–H groups in total. The highest BCUT2D eigenvalue weighted by atomic mass is 16.4. The monoisotopic (exact) mass is 237 g/mol. The second-order valence-corrected chi connectivity index (χ2v) is 3.69. The van der Waals surface area contributed by atoms with Gasteiger partial charge in [0.1, 0.15) is 5.75 Å². The van der Waals surface area contributed by atoms with Crippen molar-refractivity contribution in [3.8, 4) is 5.75 Å². The van der Waals surface area contributed by atoms with Gasteiger partial charge in [0, 0.05) is 24.1 Å². The van der Waals surface area contributed by atoms with Crippen molar-refractivity contribution in [3.05, 3.63) is 24.3 Å². The SMILES string of the molecule is CC(CN(C(N)=O)c1ccc(O)cc1)C(=O)[O-]. The molecule has 1 rings (SSSR count). The van der Waals surface area contributed by atoms with Gasteiger partial charge < -0.3 is 20.7 Å². The molecule has 6 heteroatoms. The molecule has 1 aromatic rings. The van der Waals surface area contributed by atoms with Crippen LogP contribution in [0.3, 0.4) is 0 Å². The van der Waals surface area contributed by atoms with Crippen LogP contribution >= 0.6 is 0 Å². The Kier molecular flexibility index (Phi) is 3.92. The van der Waals surface area contributed by atoms with Crippen LogP contribution in [0.2, 0.25) is 0 Å². The standard InChI is InChI=1S/C11H14N2O4/c1-7(10(15)16)6-13(11(12)17)8-2-4-9(14)5-3-8/h2-5,7,14H,6H2,1H3,(H2,12,17)(H,15,16)/p-1. The van der Waals surface area contributed by atoms with Crippen molar-refractivity contribution in [3.63, 3.8) is 0 Å². The Morgan fingerprint density at radius 1 is 1.41 bits per heavy atom. The van der Waals surface area contributed by atoms with E-state index in [1.54, 1.807) is 0 Å². The summed E-state index contributed by atoms with van der Waals surface area (Å²) < 4.78 is 0. The number of rotatable bonds is 4. The van der Waals surface area contributed by atoms with Crippen molar-refractivity contribution in [2.45, 2.75) is 6.92 Å². The molecular formula is C11H13N2O4-. The van der Waals surface area contributed by atoms with E-state index in [2.05, 4.69) is 0 Å². The molecule has 2 amide bonds. The Balaban J connectivity index is 2.90. The van der Waals surface area contributed by atoms with Crippen LogP contribution in [0.25, 0.3) is 0 Å². The smallest absolute Gasteiger partial charge is 0.319 e. The van der Waals surface area contributed by atoms with Gasteiger partial charge in [-0.25, -0.2) is 4.79 Å². The lowest BCUT2D eigenvalue weighted by Gasteiger charge is -2.24. The molecule has 1 aromatic carbocycles. The zero-order valence-electron chi connectivity index (χ0n) is 9.29. The maximum Gasteiger partial charge on any atom is 0.319 e. The summed E-state index contributed by atoms with van der Waals surface area (Å²) in [7, 11) is 0. The number of phenolic OH excluding ortho intramolecular Hbond substituents is 1. The number of nitrogens with zero attached hydrogens (tertiary/aromatic N) is 1. The van der Waals surface area contributed by atoms with Crippen molar-refractivity contribution in [2.75, 3.05) is 11.4 Å². The van der Waals surface area contributed by atoms with Crippen LogP contribution in [0, 0.1) is 5.92 Å². The quantitative estimate of drug-likeness (QED) is 0.747. The average Bonchev–Trinajstić information content (AvgIpc) is 2.26. The first kappa shape index (κ1) is 12.8. The molecule has 0 bridgehead atoms. The predicted molar refractivity (Wildman–Crippen MR) is 59.2 cm³/mol. The van der Waals surface area contributed by atoms with Crippen LogP contribution in [-0.4, -0.2) is 23.7 Å². The third-order valence-corrected chi connectivity index (χ3v) is 2.29. The molecule has 17 heavy (non-hydrogen) atoms. The summed E-state index contributed by atoms with van der Waals surface area (Å²) in [5.74, 6) is -2.04. The number of carbonyl (C=O) groups is 2. The first-order valence-corrected chi connectivity index (χ1v) is 4.98. The van der Waals surface area contributed by atoms with Gasteiger partial charge in [0.25, 0.3) is 0 Å². The topological polar surface area (TPSA) is 107 Å². The number of benzene rings is 1. The van der Waals surface area contributed by atoms with Crippen molar-refractivity contribution < 1.29 is 19.8 Å². The molecule has 1 atom stereocenters. The van der Waals surface area contributed by atoms with Crippen molar-refractivity contribution >= 4 is 17.7 Å². The maximum atomic E-state index is 11.2. The lowest BCUT2D eigenvalue weighted by molar-refractivity contribution is -0.310. The first-order chi connectivity index (χ1) is 7.91. The molecule has 1 unspecified atom stereocenters. The molecule has 0 aliphatic heterocycles. The van der Waals surface area contributed by atoms with Crippen LogP contribution in [0.4, 0.5) is 10.5 Å². The average molecular weight is 237 g/mol. The molecule has 0 spiro atoms. The van der Waals surface area contributed by atoms with E-state index in [0.29, 0.717) is 5.69 Å². The van der Waals surface area contributed by atoms with Gasteiger partial charge in [-0.05, 0) is 24.3 Å². The summed E-state index contributed by atoms with van der Waals surface area (Å²) in [6.45, 7) is 1.34. The molecule has 0 saturated heterocycles. The molecule has 0 heterocycles. The number of hydrogen-bond donors (Lipinski definition) is 2. The Morgan fingerprint density at radius 2 is 1.94 bits per heavy atom. The first-order valence-electron chi connectivity index (χ1n) is 4.98. The van der Waals surface area contributed by atoms with E-state index in [9.17, 15) is 14.7 Å². The van der Waals surface area contributed by atoms with Gasteiger partial charge in [-0.15, -0.1) is 0 Å². The Labute approximate surface area is 98.3 Å². The van der Waals surface area contributed by atoms with E-state index in [0.717, 1.165) is 4.90 Å². The summed E-state index contributed by atoms with van der Waals surface area (Å²) in [5.41, 5.74) is 5.59. The molecule has 0 saturated carbocycles. The zero-order chi connectivity index (χ0) is 13.0. The Hall–Kier alpha value is -2.24. The van der Waals surface area contributed by atoms with Crippen LogP contribution in [0.15, 0.2) is 24.3 Å². The maximum absolute atomic E-state index is 11.2. The Bertz CT molecular complexity index is 416. The van der Waals surface area contributed by atoms with Gasteiger partial charge in [-0.3, -0.25) is 4.90 Å². The third kappa shape index (κ3) is 3.37. The normalized spacial score (nSPS) is 11.8. The second-order valence-electron chi connectivity index (χ2n) is 3.69. The van der Waals surface area contributed by atoms with Gasteiger partial charge in [-0.1, -0.05) is 6.92 Å². The van der Waals surface area contributed by atoms with Crippen LogP contribution < -0.4 is 15.7 Å². The molecular weight excluding hydrogens is 224 g/mol. The number of primary amides is 1. The number of urea groups is 1. The minimum Gasteiger partial charge on any atom is -0.550 e. The van der Waals surface area contributed by atoms with Gasteiger partial charge in [0.05, 0.1) is 0 Å². The molecule has 0 aliphatic carbocycles. The van der Waals surface area contributed by atoms with Crippen molar-refractivity contribution in [2.24, 2.45) is 11.7 Å². The van der Waals surface area contributed by atoms with Gasteiger partial charge in [0.2, 0.25) is 0 Å². The number of aromatic hydroxyl groups is 1. The van der Waals surface area contributed by atoms with E-state index in [4.69, 9.17) is 10.8 Å². The molecule has 92 valence electrons. The molecule has 6 nitrogen and oxygen atoms in total. The van der Waals surface area contributed by atoms with Gasteiger partial charge in [0.15, 0.2) is 0 Å². The summed E-state index contributed by atoms with van der Waals surface area (Å²) in [5, 5.41) is 19.7. The molecule has 0 aromatic heterocycles. The lowest BCUT2D eigenvalue weighted by atomic mass is 10.1. The van der Waals surface area contributed by atoms with E-state index in [1.807, 2.05) is 0 Å². The van der Waals surface area contributed by atoms with Crippen LogP contribution in [0.1, 0.15) is 6.92 Å². The van der Waals surface area contributed by atoms with Crippen LogP contribution in [-0.2, 0) is 4.79 Å². The molecule has 0 radical (unpaired) electrons. The highest BCUT2D eigenvalue weighted by molar-refractivity contribution is 5.91. The highest BCUT2D eigenvalue weighted by Crippen LogP contribution is 2.19. The molecule has 0 fully saturated rings. The summed E-state index contributed by atoms with van der Waals surface area (Å²) in [4.78, 5) is 22.9. The van der Waals surface area contributed by atoms with Gasteiger partial charge in [-0.2, -0.15) is 0 Å². The molecule has 0 aliphatic rings. The number of amides is 2. The number of carbonyl (C=O) groups excluding carboxylic acids is 2. The fraction of sp³-hybridized carbons (Fsp3) is 0.273. The number of nitrogens with two attached hydrogens (primary N) is 1. The fourth-order valence-corrected chi connectivity index (χ4v) is 1.30. The van der Waals surface area contributed by atoms with Crippen molar-refractivity contribution in [1.82, 2.24) is 0 Å². The number of carboxylic acids is 1. The second kappa shape index (κ2) is 5.20. The highest BCUT2D eigenvalue weighted by Gasteiger charge is 2.16. The number of phenols is 1. The largest absolute Gasteiger partial charge is 0.550 e. The van der Waals surface area contributed by atoms with Crippen LogP contribution in [0.5, 0.6) is 5.75 Å². The summed E-state index contributed by atoms with van der Waals surface area (Å²) in [6, 6.07) is 4.96.